The van der Waals surface area contributed by atoms with Gasteiger partial charge >= 0.3 is 6.03 Å². The highest BCUT2D eigenvalue weighted by Crippen LogP contribution is 2.27. The Balaban J connectivity index is 1.91. The summed E-state index contributed by atoms with van der Waals surface area (Å²) in [6.45, 7) is 6.89. The highest BCUT2D eigenvalue weighted by molar-refractivity contribution is 5.94. The van der Waals surface area contributed by atoms with Crippen LogP contribution in [0.15, 0.2) is 24.3 Å². The van der Waals surface area contributed by atoms with Crippen LogP contribution in [0.1, 0.15) is 38.7 Å². The zero-order valence-electron chi connectivity index (χ0n) is 13.4. The van der Waals surface area contributed by atoms with E-state index in [0.29, 0.717) is 12.6 Å². The number of para-hydroxylation sites is 1. The van der Waals surface area contributed by atoms with E-state index >= 15 is 0 Å². The first-order chi connectivity index (χ1) is 10.1. The Kier molecular flexibility index (Phi) is 5.62. The number of benzene rings is 1. The molecule has 0 radical (unpaired) electrons. The minimum absolute atomic E-state index is 0.119. The van der Waals surface area contributed by atoms with E-state index in [1.165, 1.54) is 5.56 Å². The van der Waals surface area contributed by atoms with Crippen LogP contribution < -0.4 is 10.2 Å². The molecule has 0 bridgehead atoms. The van der Waals surface area contributed by atoms with Gasteiger partial charge in [0.25, 0.3) is 0 Å². The SMILES string of the molecule is CCNC(C)CCCCN1C(=O)N(C)Cc2ccccc21. The van der Waals surface area contributed by atoms with Crippen LogP contribution in [0.4, 0.5) is 10.5 Å². The molecule has 1 aromatic rings. The van der Waals surface area contributed by atoms with Crippen molar-refractivity contribution in [1.29, 1.82) is 0 Å². The summed E-state index contributed by atoms with van der Waals surface area (Å²) in [5, 5.41) is 3.43. The number of amides is 2. The van der Waals surface area contributed by atoms with E-state index < -0.39 is 0 Å². The monoisotopic (exact) mass is 289 g/mol. The molecule has 0 spiro atoms. The van der Waals surface area contributed by atoms with Gasteiger partial charge in [0, 0.05) is 26.2 Å². The van der Waals surface area contributed by atoms with Crippen LogP contribution in [0.3, 0.4) is 0 Å². The average Bonchev–Trinajstić information content (AvgIpc) is 2.47. The molecular weight excluding hydrogens is 262 g/mol. The van der Waals surface area contributed by atoms with Crippen molar-refractivity contribution in [2.75, 3.05) is 25.0 Å². The topological polar surface area (TPSA) is 35.6 Å². The standard InChI is InChI=1S/C17H27N3O/c1-4-18-14(2)9-7-8-12-20-16-11-6-5-10-15(16)13-19(3)17(20)21/h5-6,10-11,14,18H,4,7-9,12-13H2,1-3H3. The van der Waals surface area contributed by atoms with E-state index in [0.717, 1.165) is 38.0 Å². The van der Waals surface area contributed by atoms with Crippen molar-refractivity contribution in [2.45, 2.75) is 45.7 Å². The van der Waals surface area contributed by atoms with Crippen molar-refractivity contribution in [3.05, 3.63) is 29.8 Å². The predicted molar refractivity (Wildman–Crippen MR) is 87.6 cm³/mol. The Bertz CT molecular complexity index is 475. The number of carbonyl (C=O) groups excluding carboxylic acids is 1. The second-order valence-electron chi connectivity index (χ2n) is 5.87. The maximum atomic E-state index is 12.4. The Labute approximate surface area is 128 Å². The third-order valence-electron chi connectivity index (χ3n) is 4.07. The molecule has 116 valence electrons. The number of fused-ring (bicyclic) bond motifs is 1. The quantitative estimate of drug-likeness (QED) is 0.782. The van der Waals surface area contributed by atoms with E-state index in [4.69, 9.17) is 0 Å². The maximum Gasteiger partial charge on any atom is 0.324 e. The summed E-state index contributed by atoms with van der Waals surface area (Å²) in [6.07, 6.45) is 3.35. The molecule has 1 heterocycles. The van der Waals surface area contributed by atoms with Crippen LogP contribution in [-0.4, -0.2) is 37.1 Å². The third kappa shape index (κ3) is 3.97. The van der Waals surface area contributed by atoms with Gasteiger partial charge in [-0.3, -0.25) is 4.90 Å². The van der Waals surface area contributed by atoms with Gasteiger partial charge in [-0.1, -0.05) is 31.5 Å². The molecule has 1 aliphatic rings. The number of urea groups is 1. The number of nitrogens with one attached hydrogen (secondary N) is 1. The fourth-order valence-corrected chi connectivity index (χ4v) is 2.93. The minimum atomic E-state index is 0.119. The van der Waals surface area contributed by atoms with Crippen LogP contribution in [0, 0.1) is 0 Å². The highest BCUT2D eigenvalue weighted by atomic mass is 16.2. The van der Waals surface area contributed by atoms with Crippen LogP contribution >= 0.6 is 0 Å². The molecule has 0 saturated heterocycles. The zero-order valence-corrected chi connectivity index (χ0v) is 13.4. The first kappa shape index (κ1) is 15.8. The van der Waals surface area contributed by atoms with Gasteiger partial charge < -0.3 is 10.2 Å². The molecule has 0 fully saturated rings. The molecule has 21 heavy (non-hydrogen) atoms. The van der Waals surface area contributed by atoms with Crippen LogP contribution in [-0.2, 0) is 6.54 Å². The summed E-state index contributed by atoms with van der Waals surface area (Å²) >= 11 is 0. The van der Waals surface area contributed by atoms with Crippen molar-refractivity contribution < 1.29 is 4.79 Å². The van der Waals surface area contributed by atoms with E-state index in [2.05, 4.69) is 31.3 Å². The van der Waals surface area contributed by atoms with Gasteiger partial charge in [-0.15, -0.1) is 0 Å². The highest BCUT2D eigenvalue weighted by Gasteiger charge is 2.26. The largest absolute Gasteiger partial charge is 0.324 e. The molecule has 0 saturated carbocycles. The molecule has 4 heteroatoms. The second kappa shape index (κ2) is 7.46. The summed E-state index contributed by atoms with van der Waals surface area (Å²) < 4.78 is 0. The lowest BCUT2D eigenvalue weighted by molar-refractivity contribution is 0.210. The lowest BCUT2D eigenvalue weighted by atomic mass is 10.1. The van der Waals surface area contributed by atoms with Gasteiger partial charge in [0.2, 0.25) is 0 Å². The summed E-state index contributed by atoms with van der Waals surface area (Å²) in [7, 11) is 1.87. The lowest BCUT2D eigenvalue weighted by Gasteiger charge is -2.35. The number of hydrogen-bond acceptors (Lipinski definition) is 2. The molecule has 2 amide bonds. The lowest BCUT2D eigenvalue weighted by Crippen LogP contribution is -2.45. The Morgan fingerprint density at radius 1 is 1.29 bits per heavy atom. The summed E-state index contributed by atoms with van der Waals surface area (Å²) in [5.41, 5.74) is 2.32. The summed E-state index contributed by atoms with van der Waals surface area (Å²) in [6, 6.07) is 8.90. The number of rotatable bonds is 7. The number of anilines is 1. The Hall–Kier alpha value is -1.55. The van der Waals surface area contributed by atoms with Gasteiger partial charge in [0.1, 0.15) is 0 Å². The smallest absolute Gasteiger partial charge is 0.323 e. The van der Waals surface area contributed by atoms with E-state index in [1.807, 2.05) is 24.1 Å². The molecule has 4 nitrogen and oxygen atoms in total. The van der Waals surface area contributed by atoms with Crippen molar-refractivity contribution >= 4 is 11.7 Å². The van der Waals surface area contributed by atoms with Gasteiger partial charge in [-0.25, -0.2) is 4.79 Å². The average molecular weight is 289 g/mol. The van der Waals surface area contributed by atoms with Crippen LogP contribution in [0.2, 0.25) is 0 Å². The number of hydrogen-bond donors (Lipinski definition) is 1. The first-order valence-electron chi connectivity index (χ1n) is 7.97. The van der Waals surface area contributed by atoms with Crippen molar-refractivity contribution in [3.8, 4) is 0 Å². The molecule has 1 N–H and O–H groups in total. The molecule has 1 aliphatic heterocycles. The zero-order chi connectivity index (χ0) is 15.2. The second-order valence-corrected chi connectivity index (χ2v) is 5.87. The minimum Gasteiger partial charge on any atom is -0.323 e. The van der Waals surface area contributed by atoms with Gasteiger partial charge in [-0.05, 0) is 37.9 Å². The third-order valence-corrected chi connectivity index (χ3v) is 4.07. The molecule has 2 rings (SSSR count). The predicted octanol–water partition coefficient (Wildman–Crippen LogP) is 3.23. The first-order valence-corrected chi connectivity index (χ1v) is 7.97. The number of nitrogens with zero attached hydrogens (tertiary/aromatic N) is 2. The Morgan fingerprint density at radius 2 is 2.05 bits per heavy atom. The van der Waals surface area contributed by atoms with E-state index in [-0.39, 0.29) is 6.03 Å². The van der Waals surface area contributed by atoms with E-state index in [9.17, 15) is 4.79 Å². The normalized spacial score (nSPS) is 16.0. The molecule has 1 aromatic carbocycles. The number of carbonyl (C=O) groups is 1. The molecule has 1 atom stereocenters. The summed E-state index contributed by atoms with van der Waals surface area (Å²) in [4.78, 5) is 16.1. The fourth-order valence-electron chi connectivity index (χ4n) is 2.93. The van der Waals surface area contributed by atoms with Gasteiger partial charge in [0.15, 0.2) is 0 Å². The van der Waals surface area contributed by atoms with Gasteiger partial charge in [0.05, 0.1) is 5.69 Å². The molecular formula is C17H27N3O. The fraction of sp³-hybridized carbons (Fsp3) is 0.588. The summed E-state index contributed by atoms with van der Waals surface area (Å²) in [5.74, 6) is 0. The van der Waals surface area contributed by atoms with Gasteiger partial charge in [-0.2, -0.15) is 0 Å². The number of unbranched alkanes of at least 4 members (excludes halogenated alkanes) is 1. The van der Waals surface area contributed by atoms with E-state index in [1.54, 1.807) is 4.90 Å². The van der Waals surface area contributed by atoms with Crippen molar-refractivity contribution in [3.63, 3.8) is 0 Å². The Morgan fingerprint density at radius 3 is 2.81 bits per heavy atom. The van der Waals surface area contributed by atoms with Crippen LogP contribution in [0.25, 0.3) is 0 Å². The molecule has 0 aromatic heterocycles. The molecule has 1 unspecified atom stereocenters. The van der Waals surface area contributed by atoms with Crippen LogP contribution in [0.5, 0.6) is 0 Å². The van der Waals surface area contributed by atoms with Crippen molar-refractivity contribution in [2.24, 2.45) is 0 Å². The maximum absolute atomic E-state index is 12.4. The van der Waals surface area contributed by atoms with Crippen molar-refractivity contribution in [1.82, 2.24) is 10.2 Å². The molecule has 0 aliphatic carbocycles.